The van der Waals surface area contributed by atoms with E-state index in [1.807, 2.05) is 0 Å². The van der Waals surface area contributed by atoms with Crippen molar-refractivity contribution in [2.24, 2.45) is 0 Å². The smallest absolute Gasteiger partial charge is 0.434 e. The highest BCUT2D eigenvalue weighted by Crippen LogP contribution is 2.32. The number of halogens is 3. The predicted octanol–water partition coefficient (Wildman–Crippen LogP) is 3.43. The third-order valence-corrected chi connectivity index (χ3v) is 3.54. The summed E-state index contributed by atoms with van der Waals surface area (Å²) in [6, 6.07) is 3.82. The quantitative estimate of drug-likeness (QED) is 0.903. The highest BCUT2D eigenvalue weighted by molar-refractivity contribution is 7.09. The molecule has 0 saturated carbocycles. The van der Waals surface area contributed by atoms with Gasteiger partial charge >= 0.3 is 12.1 Å². The fourth-order valence-electron chi connectivity index (χ4n) is 1.53. The second kappa shape index (κ2) is 5.68. The number of aromatic nitrogens is 2. The van der Waals surface area contributed by atoms with Crippen LogP contribution in [0.25, 0.3) is 0 Å². The highest BCUT2D eigenvalue weighted by atomic mass is 32.1. The van der Waals surface area contributed by atoms with Crippen LogP contribution >= 0.6 is 11.3 Å². The lowest BCUT2D eigenvalue weighted by Crippen LogP contribution is -2.11. The molecule has 9 heteroatoms. The molecular formula is C12H10F3N3O2S. The lowest BCUT2D eigenvalue weighted by atomic mass is 10.3. The highest BCUT2D eigenvalue weighted by Gasteiger charge is 2.34. The average molecular weight is 317 g/mol. The van der Waals surface area contributed by atoms with Crippen LogP contribution in [0.2, 0.25) is 0 Å². The molecule has 2 aromatic heterocycles. The SMILES string of the molecule is CC(Nc1cccc(C(=O)O)n1)c1nc(C(F)(F)F)cs1. The van der Waals surface area contributed by atoms with Gasteiger partial charge in [-0.2, -0.15) is 13.2 Å². The molecule has 0 aromatic carbocycles. The van der Waals surface area contributed by atoms with Crippen LogP contribution in [0.4, 0.5) is 19.0 Å². The maximum Gasteiger partial charge on any atom is 0.434 e. The zero-order chi connectivity index (χ0) is 15.6. The Balaban J connectivity index is 2.14. The van der Waals surface area contributed by atoms with Gasteiger partial charge in [0.2, 0.25) is 0 Å². The normalized spacial score (nSPS) is 13.0. The second-order valence-electron chi connectivity index (χ2n) is 4.15. The van der Waals surface area contributed by atoms with Crippen molar-refractivity contribution in [1.82, 2.24) is 9.97 Å². The summed E-state index contributed by atoms with van der Waals surface area (Å²) >= 11 is 0.877. The van der Waals surface area contributed by atoms with Gasteiger partial charge in [-0.25, -0.2) is 14.8 Å². The number of carbonyl (C=O) groups is 1. The van der Waals surface area contributed by atoms with Crippen LogP contribution in [-0.4, -0.2) is 21.0 Å². The number of thiazole rings is 1. The van der Waals surface area contributed by atoms with Gasteiger partial charge in [0.1, 0.15) is 10.8 Å². The molecule has 5 nitrogen and oxygen atoms in total. The molecule has 2 aromatic rings. The van der Waals surface area contributed by atoms with Crippen molar-refractivity contribution in [2.75, 3.05) is 5.32 Å². The van der Waals surface area contributed by atoms with Gasteiger partial charge in [0.15, 0.2) is 11.4 Å². The van der Waals surface area contributed by atoms with Gasteiger partial charge in [0, 0.05) is 5.38 Å². The van der Waals surface area contributed by atoms with Gasteiger partial charge < -0.3 is 10.4 Å². The van der Waals surface area contributed by atoms with E-state index in [0.717, 1.165) is 16.7 Å². The van der Waals surface area contributed by atoms with E-state index in [4.69, 9.17) is 5.11 Å². The molecule has 2 N–H and O–H groups in total. The molecule has 1 unspecified atom stereocenters. The molecule has 112 valence electrons. The lowest BCUT2D eigenvalue weighted by molar-refractivity contribution is -0.140. The minimum Gasteiger partial charge on any atom is -0.477 e. The summed E-state index contributed by atoms with van der Waals surface area (Å²) in [5, 5.41) is 12.8. The third-order valence-electron chi connectivity index (χ3n) is 2.52. The molecule has 2 heterocycles. The van der Waals surface area contributed by atoms with Gasteiger partial charge in [-0.1, -0.05) is 6.07 Å². The Hall–Kier alpha value is -2.16. The summed E-state index contributed by atoms with van der Waals surface area (Å²) < 4.78 is 37.4. The van der Waals surface area contributed by atoms with E-state index in [1.54, 1.807) is 6.92 Å². The standard InChI is InChI=1S/C12H10F3N3O2S/c1-6(10-18-8(5-21-10)12(13,14)15)16-9-4-2-3-7(17-9)11(19)20/h2-6H,1H3,(H,16,17)(H,19,20). The zero-order valence-electron chi connectivity index (χ0n) is 10.7. The summed E-state index contributed by atoms with van der Waals surface area (Å²) in [6.07, 6.45) is -4.48. The fraction of sp³-hybridized carbons (Fsp3) is 0.250. The maximum absolute atomic E-state index is 12.5. The largest absolute Gasteiger partial charge is 0.477 e. The molecule has 0 radical (unpaired) electrons. The van der Waals surface area contributed by atoms with Crippen molar-refractivity contribution in [2.45, 2.75) is 19.1 Å². The van der Waals surface area contributed by atoms with Crippen LogP contribution in [0, 0.1) is 0 Å². The van der Waals surface area contributed by atoms with Crippen molar-refractivity contribution in [3.05, 3.63) is 40.0 Å². The Morgan fingerprint density at radius 1 is 1.38 bits per heavy atom. The van der Waals surface area contributed by atoms with Crippen molar-refractivity contribution >= 4 is 23.1 Å². The van der Waals surface area contributed by atoms with Crippen LogP contribution in [0.15, 0.2) is 23.6 Å². The Morgan fingerprint density at radius 3 is 2.67 bits per heavy atom. The molecule has 2 rings (SSSR count). The lowest BCUT2D eigenvalue weighted by Gasteiger charge is -2.12. The number of hydrogen-bond acceptors (Lipinski definition) is 5. The minimum atomic E-state index is -4.48. The average Bonchev–Trinajstić information content (AvgIpc) is 2.88. The Labute approximate surface area is 121 Å². The molecular weight excluding hydrogens is 307 g/mol. The summed E-state index contributed by atoms with van der Waals surface area (Å²) in [5.41, 5.74) is -1.09. The molecule has 0 spiro atoms. The number of rotatable bonds is 4. The van der Waals surface area contributed by atoms with E-state index in [0.29, 0.717) is 0 Å². The summed E-state index contributed by atoms with van der Waals surface area (Å²) in [4.78, 5) is 18.2. The number of nitrogens with zero attached hydrogens (tertiary/aromatic N) is 2. The van der Waals surface area contributed by atoms with E-state index in [2.05, 4.69) is 15.3 Å². The van der Waals surface area contributed by atoms with E-state index in [1.165, 1.54) is 18.2 Å². The topological polar surface area (TPSA) is 75.1 Å². The number of pyridine rings is 1. The molecule has 0 saturated heterocycles. The molecule has 1 atom stereocenters. The molecule has 0 fully saturated rings. The number of anilines is 1. The van der Waals surface area contributed by atoms with Crippen LogP contribution in [0.5, 0.6) is 0 Å². The number of carboxylic acid groups (broad SMARTS) is 1. The number of hydrogen-bond donors (Lipinski definition) is 2. The summed E-state index contributed by atoms with van der Waals surface area (Å²) in [6.45, 7) is 1.62. The van der Waals surface area contributed by atoms with Crippen molar-refractivity contribution in [1.29, 1.82) is 0 Å². The van der Waals surface area contributed by atoms with Gasteiger partial charge in [-0.05, 0) is 19.1 Å². The summed E-state index contributed by atoms with van der Waals surface area (Å²) in [7, 11) is 0. The van der Waals surface area contributed by atoms with E-state index >= 15 is 0 Å². The molecule has 0 aliphatic heterocycles. The van der Waals surface area contributed by atoms with Crippen LogP contribution < -0.4 is 5.32 Å². The predicted molar refractivity (Wildman–Crippen MR) is 70.4 cm³/mol. The summed E-state index contributed by atoms with van der Waals surface area (Å²) in [5.74, 6) is -0.925. The van der Waals surface area contributed by atoms with Crippen molar-refractivity contribution in [3.8, 4) is 0 Å². The van der Waals surface area contributed by atoms with Crippen LogP contribution in [0.1, 0.15) is 34.2 Å². The first kappa shape index (κ1) is 15.2. The number of nitrogens with one attached hydrogen (secondary N) is 1. The molecule has 21 heavy (non-hydrogen) atoms. The van der Waals surface area contributed by atoms with Gasteiger partial charge in [-0.3, -0.25) is 0 Å². The second-order valence-corrected chi connectivity index (χ2v) is 5.04. The van der Waals surface area contributed by atoms with Gasteiger partial charge in [-0.15, -0.1) is 11.3 Å². The zero-order valence-corrected chi connectivity index (χ0v) is 11.5. The molecule has 0 aliphatic rings. The molecule has 0 bridgehead atoms. The maximum atomic E-state index is 12.5. The molecule has 0 amide bonds. The Kier molecular flexibility index (Phi) is 4.12. The van der Waals surface area contributed by atoms with E-state index in [9.17, 15) is 18.0 Å². The number of alkyl halides is 3. The van der Waals surface area contributed by atoms with Gasteiger partial charge in [0.25, 0.3) is 0 Å². The van der Waals surface area contributed by atoms with E-state index < -0.39 is 23.9 Å². The first-order valence-corrected chi connectivity index (χ1v) is 6.65. The minimum absolute atomic E-state index is 0.151. The van der Waals surface area contributed by atoms with E-state index in [-0.39, 0.29) is 16.5 Å². The third kappa shape index (κ3) is 3.69. The Morgan fingerprint density at radius 2 is 2.10 bits per heavy atom. The number of aromatic carboxylic acids is 1. The number of carboxylic acids is 1. The fourth-order valence-corrected chi connectivity index (χ4v) is 2.37. The van der Waals surface area contributed by atoms with Crippen molar-refractivity contribution in [3.63, 3.8) is 0 Å². The molecule has 0 aliphatic carbocycles. The first-order valence-electron chi connectivity index (χ1n) is 5.77. The Bertz CT molecular complexity index is 657. The van der Waals surface area contributed by atoms with Crippen LogP contribution in [0.3, 0.4) is 0 Å². The monoisotopic (exact) mass is 317 g/mol. The van der Waals surface area contributed by atoms with Gasteiger partial charge in [0.05, 0.1) is 6.04 Å². The first-order chi connectivity index (χ1) is 9.77. The van der Waals surface area contributed by atoms with Crippen LogP contribution in [-0.2, 0) is 6.18 Å². The van der Waals surface area contributed by atoms with Crippen molar-refractivity contribution < 1.29 is 23.1 Å².